The van der Waals surface area contributed by atoms with Gasteiger partial charge >= 0.3 is 58.0 Å². The summed E-state index contributed by atoms with van der Waals surface area (Å²) in [6.45, 7) is 3.74. The molecule has 0 bridgehead atoms. The standard InChI is InChI=1S/2C7H8O.C5H4S.2ClH.Ti/c2*1-6-4-2-3-5-7(6)8;1-5-3-2-4-6-5;;;/h2*2-5,8H,1H3;1-4H;2*1H;. The fraction of sp³-hybridized carbons (Fsp3) is 0.105. The van der Waals surface area contributed by atoms with Gasteiger partial charge in [0.15, 0.2) is 0 Å². The Morgan fingerprint density at radius 3 is 1.40 bits per heavy atom. The Balaban J connectivity index is 0. The molecule has 3 aromatic rings. The summed E-state index contributed by atoms with van der Waals surface area (Å²) < 4.78 is 2.10. The van der Waals surface area contributed by atoms with E-state index in [1.54, 1.807) is 23.5 Å². The van der Waals surface area contributed by atoms with Gasteiger partial charge in [-0.05, 0) is 37.1 Å². The van der Waals surface area contributed by atoms with Gasteiger partial charge in [0, 0.05) is 0 Å². The first-order chi connectivity index (χ1) is 11.0. The molecular weight excluding hydrogens is 411 g/mol. The molecule has 0 aliphatic carbocycles. The summed E-state index contributed by atoms with van der Waals surface area (Å²) in [6, 6.07) is 18.7. The maximum absolute atomic E-state index is 8.92. The van der Waals surface area contributed by atoms with E-state index in [0.29, 0.717) is 11.5 Å². The molecule has 0 spiro atoms. The van der Waals surface area contributed by atoms with Gasteiger partial charge in [-0.1, -0.05) is 36.4 Å². The third-order valence-corrected chi connectivity index (χ3v) is 4.55. The molecule has 25 heavy (non-hydrogen) atoms. The van der Waals surface area contributed by atoms with Crippen LogP contribution in [-0.2, 0) is 20.0 Å². The van der Waals surface area contributed by atoms with Crippen molar-refractivity contribution in [1.82, 2.24) is 0 Å². The minimum absolute atomic E-state index is 0. The van der Waals surface area contributed by atoms with Crippen LogP contribution in [0.1, 0.15) is 16.0 Å². The summed E-state index contributed by atoms with van der Waals surface area (Å²) in [5.41, 5.74) is 1.85. The Hall–Kier alpha value is -1.10. The van der Waals surface area contributed by atoms with Gasteiger partial charge in [-0.15, -0.1) is 24.8 Å². The third kappa shape index (κ3) is 11.2. The van der Waals surface area contributed by atoms with Crippen LogP contribution in [0.2, 0.25) is 0 Å². The molecular formula is C19H22Cl2O2STi. The van der Waals surface area contributed by atoms with E-state index in [-0.39, 0.29) is 24.8 Å². The molecule has 6 heteroatoms. The van der Waals surface area contributed by atoms with Crippen LogP contribution >= 0.6 is 36.2 Å². The number of aromatic hydroxyl groups is 2. The van der Waals surface area contributed by atoms with Crippen molar-refractivity contribution in [1.29, 1.82) is 0 Å². The van der Waals surface area contributed by atoms with Gasteiger partial charge in [-0.2, -0.15) is 0 Å². The van der Waals surface area contributed by atoms with E-state index in [1.807, 2.05) is 70.2 Å². The molecule has 134 valence electrons. The van der Waals surface area contributed by atoms with Crippen molar-refractivity contribution in [3.05, 3.63) is 82.0 Å². The fourth-order valence-corrected chi connectivity index (χ4v) is 2.51. The number of hydrogen-bond donors (Lipinski definition) is 2. The van der Waals surface area contributed by atoms with Gasteiger partial charge in [-0.3, -0.25) is 0 Å². The fourth-order valence-electron chi connectivity index (χ4n) is 1.50. The zero-order chi connectivity index (χ0) is 17.1. The molecule has 1 aromatic heterocycles. The number of halogens is 2. The molecule has 0 atom stereocenters. The van der Waals surface area contributed by atoms with Crippen LogP contribution in [0.5, 0.6) is 11.5 Å². The van der Waals surface area contributed by atoms with E-state index in [1.165, 1.54) is 4.88 Å². The normalized spacial score (nSPS) is 8.20. The molecule has 1 heterocycles. The first-order valence-corrected chi connectivity index (χ1v) is 8.86. The number of rotatable bonds is 1. The molecule has 0 aliphatic heterocycles. The number of para-hydroxylation sites is 2. The Labute approximate surface area is 177 Å². The monoisotopic (exact) mass is 432 g/mol. The van der Waals surface area contributed by atoms with Crippen molar-refractivity contribution in [3.8, 4) is 11.5 Å². The quantitative estimate of drug-likeness (QED) is 0.484. The zero-order valence-corrected chi connectivity index (χ0v) is 18.1. The summed E-state index contributed by atoms with van der Waals surface area (Å²) in [6.07, 6.45) is 0. The van der Waals surface area contributed by atoms with Gasteiger partial charge in [0.05, 0.1) is 0 Å². The predicted molar refractivity (Wildman–Crippen MR) is 110 cm³/mol. The van der Waals surface area contributed by atoms with Gasteiger partial charge in [0.1, 0.15) is 11.5 Å². The van der Waals surface area contributed by atoms with Crippen LogP contribution in [-0.4, -0.2) is 14.5 Å². The van der Waals surface area contributed by atoms with Crippen LogP contribution in [0.25, 0.3) is 0 Å². The van der Waals surface area contributed by atoms with E-state index in [0.717, 1.165) is 11.1 Å². The average Bonchev–Trinajstić information content (AvgIpc) is 3.08. The number of thiophene rings is 1. The molecule has 3 rings (SSSR count). The Kier molecular flexibility index (Phi) is 15.9. The predicted octanol–water partition coefficient (Wildman–Crippen LogP) is 5.69. The van der Waals surface area contributed by atoms with Crippen LogP contribution in [0.3, 0.4) is 0 Å². The van der Waals surface area contributed by atoms with Crippen LogP contribution < -0.4 is 0 Å². The van der Waals surface area contributed by atoms with Crippen molar-refractivity contribution >= 4 is 40.5 Å². The summed E-state index contributed by atoms with van der Waals surface area (Å²) in [5.74, 6) is 0.736. The minimum atomic E-state index is 0. The first kappa shape index (κ1) is 26.1. The number of aryl methyl sites for hydroxylation is 2. The van der Waals surface area contributed by atoms with E-state index < -0.39 is 0 Å². The van der Waals surface area contributed by atoms with Crippen molar-refractivity contribution < 1.29 is 30.2 Å². The number of phenols is 2. The number of benzene rings is 2. The molecule has 0 amide bonds. The summed E-state index contributed by atoms with van der Waals surface area (Å²) in [4.78, 5) is 1.35. The van der Waals surface area contributed by atoms with Gasteiger partial charge in [0.2, 0.25) is 0 Å². The van der Waals surface area contributed by atoms with Crippen LogP contribution in [0.4, 0.5) is 0 Å². The second-order valence-electron chi connectivity index (χ2n) is 4.73. The van der Waals surface area contributed by atoms with Crippen LogP contribution in [0, 0.1) is 13.8 Å². The molecule has 2 aromatic carbocycles. The second-order valence-corrected chi connectivity index (χ2v) is 6.16. The summed E-state index contributed by atoms with van der Waals surface area (Å²) in [7, 11) is 0. The van der Waals surface area contributed by atoms with Crippen molar-refractivity contribution in [2.75, 3.05) is 0 Å². The van der Waals surface area contributed by atoms with Gasteiger partial charge in [-0.25, -0.2) is 0 Å². The summed E-state index contributed by atoms with van der Waals surface area (Å²) in [5, 5.41) is 19.9. The number of hydrogen-bond acceptors (Lipinski definition) is 3. The SMILES string of the molecule is Cc1ccccc1O.Cc1ccccc1O.Cl.Cl.[Ti]=[CH]c1cccs1. The molecule has 0 radical (unpaired) electrons. The van der Waals surface area contributed by atoms with Crippen molar-refractivity contribution in [2.45, 2.75) is 13.8 Å². The zero-order valence-electron chi connectivity index (χ0n) is 14.0. The van der Waals surface area contributed by atoms with Crippen LogP contribution in [0.15, 0.2) is 66.0 Å². The van der Waals surface area contributed by atoms with E-state index >= 15 is 0 Å². The van der Waals surface area contributed by atoms with Gasteiger partial charge < -0.3 is 10.2 Å². The average molecular weight is 433 g/mol. The molecule has 2 N–H and O–H groups in total. The molecule has 0 saturated carbocycles. The molecule has 0 unspecified atom stereocenters. The molecule has 2 nitrogen and oxygen atoms in total. The number of phenolic OH excluding ortho intramolecular Hbond substituents is 2. The van der Waals surface area contributed by atoms with Gasteiger partial charge in [0.25, 0.3) is 0 Å². The molecule has 0 fully saturated rings. The molecule has 0 saturated heterocycles. The van der Waals surface area contributed by atoms with E-state index in [2.05, 4.69) is 21.8 Å². The summed E-state index contributed by atoms with van der Waals surface area (Å²) >= 11 is 3.81. The van der Waals surface area contributed by atoms with Crippen molar-refractivity contribution in [3.63, 3.8) is 0 Å². The Morgan fingerprint density at radius 1 is 0.760 bits per heavy atom. The second kappa shape index (κ2) is 15.2. The van der Waals surface area contributed by atoms with E-state index in [9.17, 15) is 0 Å². The van der Waals surface area contributed by atoms with E-state index in [4.69, 9.17) is 10.2 Å². The third-order valence-electron chi connectivity index (χ3n) is 2.92. The Bertz CT molecular complexity index is 633. The molecule has 0 aliphatic rings. The Morgan fingerprint density at radius 2 is 1.20 bits per heavy atom. The topological polar surface area (TPSA) is 40.5 Å². The first-order valence-electron chi connectivity index (χ1n) is 7.07. The van der Waals surface area contributed by atoms with Crippen molar-refractivity contribution in [2.24, 2.45) is 0 Å². The maximum atomic E-state index is 8.92.